The number of carboxylic acids is 1. The summed E-state index contributed by atoms with van der Waals surface area (Å²) in [5.41, 5.74) is 13.3. The van der Waals surface area contributed by atoms with Crippen molar-refractivity contribution in [1.29, 1.82) is 0 Å². The van der Waals surface area contributed by atoms with Crippen LogP contribution in [0.25, 0.3) is 0 Å². The molecule has 24 nitrogen and oxygen atoms in total. The first-order chi connectivity index (χ1) is 31.8. The number of aliphatic carboxylic acids is 1. The highest BCUT2D eigenvalue weighted by molar-refractivity contribution is 5.82. The number of ether oxygens (including phenoxy) is 3. The molecule has 2 aliphatic heterocycles. The summed E-state index contributed by atoms with van der Waals surface area (Å²) >= 11 is 0. The molecule has 0 radical (unpaired) electrons. The summed E-state index contributed by atoms with van der Waals surface area (Å²) in [4.78, 5) is 61.8. The van der Waals surface area contributed by atoms with Crippen molar-refractivity contribution in [1.82, 2.24) is 54.7 Å². The van der Waals surface area contributed by atoms with Crippen LogP contribution in [0.4, 0.5) is 17.8 Å². The SMILES string of the molecule is C#CCOCCOCCOCCNc1nc(N2CCN(C(=O)C([C@@H](C)CC)n3cc(C(N)CO)nn3)CC2)nc(N2CCN(C(=O)[C@H](CCC(=O)O)n3cc(C(N)CC(C)C)nn3)CC2)n1.[Cl-]. The van der Waals surface area contributed by atoms with Gasteiger partial charge in [-0.1, -0.05) is 50.5 Å². The third-order valence-electron chi connectivity index (χ3n) is 11.5. The maximum atomic E-state index is 14.1. The fourth-order valence-corrected chi connectivity index (χ4v) is 7.57. The van der Waals surface area contributed by atoms with Gasteiger partial charge in [0.25, 0.3) is 0 Å². The molecule has 0 aromatic carbocycles. The molecule has 2 aliphatic rings. The molecule has 25 heteroatoms. The van der Waals surface area contributed by atoms with Gasteiger partial charge < -0.3 is 73.2 Å². The number of anilines is 3. The smallest absolute Gasteiger partial charge is 0.303 e. The van der Waals surface area contributed by atoms with Crippen LogP contribution in [-0.2, 0) is 28.6 Å². The zero-order chi connectivity index (χ0) is 47.6. The highest BCUT2D eigenvalue weighted by Crippen LogP contribution is 2.27. The van der Waals surface area contributed by atoms with Crippen molar-refractivity contribution in [3.05, 3.63) is 23.8 Å². The van der Waals surface area contributed by atoms with Gasteiger partial charge in [-0.2, -0.15) is 15.0 Å². The third kappa shape index (κ3) is 15.9. The Morgan fingerprint density at radius 3 is 1.88 bits per heavy atom. The van der Waals surface area contributed by atoms with Crippen molar-refractivity contribution in [2.75, 3.05) is 120 Å². The largest absolute Gasteiger partial charge is 1.00 e. The van der Waals surface area contributed by atoms with Crippen molar-refractivity contribution in [2.45, 2.75) is 77.5 Å². The lowest BCUT2D eigenvalue weighted by Gasteiger charge is -2.38. The monoisotopic (exact) mass is 960 g/mol. The van der Waals surface area contributed by atoms with Crippen molar-refractivity contribution >= 4 is 35.6 Å². The van der Waals surface area contributed by atoms with Crippen molar-refractivity contribution < 1.29 is 51.2 Å². The van der Waals surface area contributed by atoms with E-state index in [4.69, 9.17) is 47.1 Å². The van der Waals surface area contributed by atoms with E-state index < -0.39 is 24.1 Å². The molecule has 0 saturated carbocycles. The van der Waals surface area contributed by atoms with Crippen LogP contribution in [0.15, 0.2) is 12.4 Å². The van der Waals surface area contributed by atoms with Gasteiger partial charge in [-0.15, -0.1) is 16.6 Å². The number of carbonyl (C=O) groups is 3. The van der Waals surface area contributed by atoms with Crippen molar-refractivity contribution in [3.63, 3.8) is 0 Å². The number of rotatable bonds is 27. The first-order valence-electron chi connectivity index (χ1n) is 22.7. The van der Waals surface area contributed by atoms with E-state index >= 15 is 0 Å². The van der Waals surface area contributed by atoms with Gasteiger partial charge in [0.1, 0.15) is 24.4 Å². The molecule has 67 heavy (non-hydrogen) atoms. The summed E-state index contributed by atoms with van der Waals surface area (Å²) in [6.45, 7) is 13.5. The molecule has 0 bridgehead atoms. The highest BCUT2D eigenvalue weighted by atomic mass is 35.5. The van der Waals surface area contributed by atoms with Gasteiger partial charge in [-0.3, -0.25) is 14.4 Å². The normalized spacial score (nSPS) is 16.5. The molecule has 5 atom stereocenters. The summed E-state index contributed by atoms with van der Waals surface area (Å²) < 4.78 is 19.5. The minimum Gasteiger partial charge on any atom is -1.00 e. The van der Waals surface area contributed by atoms with Crippen LogP contribution >= 0.6 is 0 Å². The number of nitrogens with zero attached hydrogens (tertiary/aromatic N) is 13. The number of aromatic nitrogens is 9. The maximum absolute atomic E-state index is 14.1. The van der Waals surface area contributed by atoms with Crippen LogP contribution in [0.3, 0.4) is 0 Å². The molecule has 3 unspecified atom stereocenters. The topological polar surface area (TPSA) is 296 Å². The number of terminal acetylenes is 1. The fourth-order valence-electron chi connectivity index (χ4n) is 7.57. The predicted molar refractivity (Wildman–Crippen MR) is 242 cm³/mol. The number of piperazine rings is 2. The van der Waals surface area contributed by atoms with Crippen molar-refractivity contribution in [3.8, 4) is 12.3 Å². The second-order valence-electron chi connectivity index (χ2n) is 16.8. The number of amides is 2. The zero-order valence-electron chi connectivity index (χ0n) is 39.0. The Labute approximate surface area is 397 Å². The molecule has 3 aromatic heterocycles. The van der Waals surface area contributed by atoms with Crippen LogP contribution in [0.5, 0.6) is 0 Å². The van der Waals surface area contributed by atoms with Gasteiger partial charge in [-0.25, -0.2) is 9.36 Å². The number of aliphatic hydroxyl groups excluding tert-OH is 1. The molecular weight excluding hydrogens is 892 g/mol. The minimum atomic E-state index is -1.02. The lowest BCUT2D eigenvalue weighted by atomic mass is 9.97. The molecule has 5 rings (SSSR count). The van der Waals surface area contributed by atoms with Gasteiger partial charge in [0.2, 0.25) is 29.7 Å². The minimum absolute atomic E-state index is 0. The molecule has 2 fully saturated rings. The summed E-state index contributed by atoms with van der Waals surface area (Å²) in [5.74, 6) is 2.51. The van der Waals surface area contributed by atoms with Crippen LogP contribution in [-0.4, -0.2) is 188 Å². The Hall–Kier alpha value is -5.29. The van der Waals surface area contributed by atoms with Gasteiger partial charge in [0.05, 0.1) is 69.8 Å². The maximum Gasteiger partial charge on any atom is 0.303 e. The van der Waals surface area contributed by atoms with E-state index in [9.17, 15) is 24.6 Å². The second-order valence-corrected chi connectivity index (χ2v) is 16.8. The predicted octanol–water partition coefficient (Wildman–Crippen LogP) is -3.12. The Bertz CT molecular complexity index is 2020. The lowest BCUT2D eigenvalue weighted by molar-refractivity contribution is -0.139. The highest BCUT2D eigenvalue weighted by Gasteiger charge is 2.35. The lowest BCUT2D eigenvalue weighted by Crippen LogP contribution is -3.00. The summed E-state index contributed by atoms with van der Waals surface area (Å²) in [6.07, 6.45) is 9.70. The summed E-state index contributed by atoms with van der Waals surface area (Å²) in [6, 6.07) is -2.54. The average molecular weight is 961 g/mol. The van der Waals surface area contributed by atoms with Crippen LogP contribution in [0, 0.1) is 24.2 Å². The number of hydrogen-bond acceptors (Lipinski definition) is 19. The number of hydrogen-bond donors (Lipinski definition) is 5. The van der Waals surface area contributed by atoms with Crippen molar-refractivity contribution in [2.24, 2.45) is 23.3 Å². The van der Waals surface area contributed by atoms with E-state index in [0.717, 1.165) is 6.42 Å². The third-order valence-corrected chi connectivity index (χ3v) is 11.5. The van der Waals surface area contributed by atoms with E-state index in [1.807, 2.05) is 28.5 Å². The summed E-state index contributed by atoms with van der Waals surface area (Å²) in [7, 11) is 0. The Kier molecular flexibility index (Phi) is 22.3. The average Bonchev–Trinajstić information content (AvgIpc) is 4.02. The van der Waals surface area contributed by atoms with Gasteiger partial charge in [0, 0.05) is 65.3 Å². The zero-order valence-corrected chi connectivity index (χ0v) is 39.8. The fraction of sp³-hybridized carbons (Fsp3) is 0.714. The number of carbonyl (C=O) groups excluding carboxylic acids is 2. The molecule has 0 spiro atoms. The first-order valence-corrected chi connectivity index (χ1v) is 22.7. The number of halogens is 1. The van der Waals surface area contributed by atoms with E-state index in [-0.39, 0.29) is 62.2 Å². The molecule has 2 saturated heterocycles. The number of carboxylic acid groups (broad SMARTS) is 1. The quantitative estimate of drug-likeness (QED) is 0.0373. The van der Waals surface area contributed by atoms with E-state index in [1.54, 1.807) is 22.0 Å². The molecule has 5 heterocycles. The standard InChI is InChI=1S/C42H68N16O8.ClH/c1-6-19-64-21-23-66-24-22-65-20-10-45-40-46-41(55-15-11-53(12-16-55)38(62)35(8-9-36(60)61)57-26-33(49-51-57)31(43)25-29(3)4)48-42(47-40)56-17-13-54(14-18-56)39(63)37(30(5)7-2)58-27-34(50-52-58)32(44)28-59;/h1,26-27,29-32,35,37,59H,7-25,28,43-44H2,2-5H3,(H,60,61)(H,45,46,47,48);1H/p-1/t30-,31?,32?,35-,37?;/m0./s1. The van der Waals surface area contributed by atoms with Gasteiger partial charge in [-0.05, 0) is 24.7 Å². The van der Waals surface area contributed by atoms with E-state index in [2.05, 4.69) is 45.7 Å². The number of nitrogens with two attached hydrogens (primary N) is 2. The molecule has 2 amide bonds. The van der Waals surface area contributed by atoms with E-state index in [1.165, 1.54) is 4.68 Å². The Morgan fingerprint density at radius 2 is 1.33 bits per heavy atom. The van der Waals surface area contributed by atoms with Gasteiger partial charge in [0.15, 0.2) is 0 Å². The Balaban J connectivity index is 0.00000980. The van der Waals surface area contributed by atoms with Crippen LogP contribution in [0.1, 0.15) is 88.9 Å². The Morgan fingerprint density at radius 1 is 0.791 bits per heavy atom. The van der Waals surface area contributed by atoms with E-state index in [0.29, 0.717) is 134 Å². The molecule has 3 aromatic rings. The molecule has 372 valence electrons. The molecular formula is C42H68ClN16O8-. The molecule has 0 aliphatic carbocycles. The van der Waals surface area contributed by atoms with Gasteiger partial charge >= 0.3 is 5.97 Å². The number of aliphatic hydroxyl groups is 1. The second kappa shape index (κ2) is 27.5. The first kappa shape index (κ1) is 54.3. The van der Waals surface area contributed by atoms with Crippen LogP contribution < -0.4 is 39.0 Å². The molecule has 7 N–H and O–H groups in total. The van der Waals surface area contributed by atoms with Crippen LogP contribution in [0.2, 0.25) is 0 Å². The number of nitrogens with one attached hydrogen (secondary N) is 1. The summed E-state index contributed by atoms with van der Waals surface area (Å²) in [5, 5.41) is 39.1.